The number of rotatable bonds is 3. The van der Waals surface area contributed by atoms with Crippen LogP contribution in [0, 0.1) is 0 Å². The first-order valence-corrected chi connectivity index (χ1v) is 6.57. The molecule has 2 rings (SSSR count). The minimum Gasteiger partial charge on any atom is -0.469 e. The highest BCUT2D eigenvalue weighted by atomic mass is 16.7. The molecule has 0 aromatic heterocycles. The van der Waals surface area contributed by atoms with Crippen molar-refractivity contribution >= 4 is 5.97 Å². The Morgan fingerprint density at radius 3 is 2.74 bits per heavy atom. The van der Waals surface area contributed by atoms with Gasteiger partial charge in [0.05, 0.1) is 19.1 Å². The molecular weight excluding hydrogens is 242 g/mol. The second kappa shape index (κ2) is 5.72. The van der Waals surface area contributed by atoms with E-state index in [2.05, 4.69) is 17.6 Å². The number of hydrogen-bond donors (Lipinski definition) is 1. The maximum absolute atomic E-state index is 11.5. The summed E-state index contributed by atoms with van der Waals surface area (Å²) in [6.07, 6.45) is 1.18. The summed E-state index contributed by atoms with van der Waals surface area (Å²) in [5.74, 6) is 0.0192. The fraction of sp³-hybridized carbons (Fsp3) is 0.533. The van der Waals surface area contributed by atoms with Gasteiger partial charge >= 0.3 is 5.97 Å². The molecule has 0 spiro atoms. The van der Waals surface area contributed by atoms with Gasteiger partial charge in [-0.25, -0.2) is 0 Å². The van der Waals surface area contributed by atoms with E-state index < -0.39 is 0 Å². The zero-order chi connectivity index (χ0) is 13.9. The molecule has 0 amide bonds. The zero-order valence-corrected chi connectivity index (χ0v) is 11.7. The van der Waals surface area contributed by atoms with Gasteiger partial charge in [-0.1, -0.05) is 30.3 Å². The Kier molecular flexibility index (Phi) is 4.22. The molecule has 0 aliphatic carbocycles. The van der Waals surface area contributed by atoms with Crippen molar-refractivity contribution < 1.29 is 14.4 Å². The lowest BCUT2D eigenvalue weighted by atomic mass is 9.80. The first-order chi connectivity index (χ1) is 9.02. The molecule has 1 aromatic carbocycles. The topological polar surface area (TPSA) is 47.6 Å². The molecule has 1 aromatic rings. The zero-order valence-electron chi connectivity index (χ0n) is 11.7. The van der Waals surface area contributed by atoms with Crippen LogP contribution in [0.1, 0.15) is 38.2 Å². The van der Waals surface area contributed by atoms with Crippen LogP contribution >= 0.6 is 0 Å². The molecule has 1 saturated heterocycles. The Bertz CT molecular complexity index is 430. The number of ether oxygens (including phenoxy) is 1. The summed E-state index contributed by atoms with van der Waals surface area (Å²) < 4.78 is 4.75. The second-order valence-electron chi connectivity index (χ2n) is 5.59. The largest absolute Gasteiger partial charge is 0.469 e. The van der Waals surface area contributed by atoms with E-state index in [1.807, 2.05) is 32.0 Å². The number of esters is 1. The van der Waals surface area contributed by atoms with Crippen molar-refractivity contribution in [1.82, 2.24) is 5.48 Å². The van der Waals surface area contributed by atoms with E-state index in [9.17, 15) is 4.79 Å². The standard InChI is InChI=1S/C15H21NO3/c1-15(2)10-12(11-7-5-4-6-8-11)13(16-19-15)9-14(17)18-3/h4-8,12-13,16H,9-10H2,1-3H3/t12-,13-/m1/s1. The summed E-state index contributed by atoms with van der Waals surface area (Å²) in [6.45, 7) is 4.09. The van der Waals surface area contributed by atoms with Crippen LogP contribution in [-0.2, 0) is 14.4 Å². The number of nitrogens with one attached hydrogen (secondary N) is 1. The fourth-order valence-electron chi connectivity index (χ4n) is 2.53. The van der Waals surface area contributed by atoms with Gasteiger partial charge < -0.3 is 4.74 Å². The lowest BCUT2D eigenvalue weighted by Crippen LogP contribution is -2.50. The third-order valence-corrected chi connectivity index (χ3v) is 3.53. The van der Waals surface area contributed by atoms with Gasteiger partial charge in [0.1, 0.15) is 0 Å². The van der Waals surface area contributed by atoms with Gasteiger partial charge in [0.2, 0.25) is 0 Å². The van der Waals surface area contributed by atoms with Crippen molar-refractivity contribution in [2.45, 2.75) is 44.2 Å². The van der Waals surface area contributed by atoms with E-state index in [0.29, 0.717) is 6.42 Å². The molecule has 1 fully saturated rings. The molecule has 4 heteroatoms. The van der Waals surface area contributed by atoms with Crippen LogP contribution in [0.2, 0.25) is 0 Å². The summed E-state index contributed by atoms with van der Waals surface area (Å²) in [7, 11) is 1.41. The van der Waals surface area contributed by atoms with Crippen molar-refractivity contribution in [3.63, 3.8) is 0 Å². The van der Waals surface area contributed by atoms with Crippen LogP contribution < -0.4 is 5.48 Å². The molecular formula is C15H21NO3. The average Bonchev–Trinajstić information content (AvgIpc) is 2.41. The summed E-state index contributed by atoms with van der Waals surface area (Å²) >= 11 is 0. The maximum atomic E-state index is 11.5. The summed E-state index contributed by atoms with van der Waals surface area (Å²) in [5.41, 5.74) is 4.00. The van der Waals surface area contributed by atoms with Gasteiger partial charge in [0.25, 0.3) is 0 Å². The SMILES string of the molecule is COC(=O)C[C@H]1NOC(C)(C)C[C@@H]1c1ccccc1. The number of hydroxylamine groups is 1. The smallest absolute Gasteiger partial charge is 0.307 e. The molecule has 1 heterocycles. The molecule has 0 unspecified atom stereocenters. The number of benzene rings is 1. The van der Waals surface area contributed by atoms with Crippen LogP contribution in [0.25, 0.3) is 0 Å². The molecule has 0 saturated carbocycles. The maximum Gasteiger partial charge on any atom is 0.307 e. The molecule has 0 bridgehead atoms. The highest BCUT2D eigenvalue weighted by Crippen LogP contribution is 2.35. The third kappa shape index (κ3) is 3.55. The Balaban J connectivity index is 2.19. The predicted octanol–water partition coefficient (Wildman–Crippen LogP) is 2.41. The van der Waals surface area contributed by atoms with Crippen molar-refractivity contribution in [3.05, 3.63) is 35.9 Å². The van der Waals surface area contributed by atoms with Crippen molar-refractivity contribution in [2.24, 2.45) is 0 Å². The molecule has 1 aliphatic heterocycles. The van der Waals surface area contributed by atoms with E-state index in [0.717, 1.165) is 6.42 Å². The van der Waals surface area contributed by atoms with Gasteiger partial charge in [-0.15, -0.1) is 0 Å². The highest BCUT2D eigenvalue weighted by molar-refractivity contribution is 5.70. The second-order valence-corrected chi connectivity index (χ2v) is 5.59. The normalized spacial score (nSPS) is 25.8. The van der Waals surface area contributed by atoms with Crippen LogP contribution in [0.5, 0.6) is 0 Å². The van der Waals surface area contributed by atoms with E-state index in [-0.39, 0.29) is 23.5 Å². The van der Waals surface area contributed by atoms with E-state index in [1.54, 1.807) is 0 Å². The van der Waals surface area contributed by atoms with Gasteiger partial charge in [0.15, 0.2) is 0 Å². The molecule has 2 atom stereocenters. The summed E-state index contributed by atoms with van der Waals surface area (Å²) in [6, 6.07) is 10.2. The fourth-order valence-corrected chi connectivity index (χ4v) is 2.53. The number of carbonyl (C=O) groups excluding carboxylic acids is 1. The van der Waals surface area contributed by atoms with Crippen LogP contribution in [-0.4, -0.2) is 24.7 Å². The Morgan fingerprint density at radius 2 is 2.11 bits per heavy atom. The third-order valence-electron chi connectivity index (χ3n) is 3.53. The minimum atomic E-state index is -0.243. The van der Waals surface area contributed by atoms with E-state index in [4.69, 9.17) is 9.57 Å². The monoisotopic (exact) mass is 263 g/mol. The summed E-state index contributed by atoms with van der Waals surface area (Å²) in [4.78, 5) is 17.1. The number of hydrogen-bond acceptors (Lipinski definition) is 4. The lowest BCUT2D eigenvalue weighted by molar-refractivity contribution is -0.157. The van der Waals surface area contributed by atoms with Crippen LogP contribution in [0.15, 0.2) is 30.3 Å². The first kappa shape index (κ1) is 14.0. The average molecular weight is 263 g/mol. The van der Waals surface area contributed by atoms with Crippen LogP contribution in [0.4, 0.5) is 0 Å². The van der Waals surface area contributed by atoms with Crippen molar-refractivity contribution in [3.8, 4) is 0 Å². The Hall–Kier alpha value is -1.39. The Morgan fingerprint density at radius 1 is 1.42 bits per heavy atom. The lowest BCUT2D eigenvalue weighted by Gasteiger charge is -2.41. The number of methoxy groups -OCH3 is 1. The quantitative estimate of drug-likeness (QED) is 0.851. The minimum absolute atomic E-state index is 0.0529. The highest BCUT2D eigenvalue weighted by Gasteiger charge is 2.37. The van der Waals surface area contributed by atoms with Crippen LogP contribution in [0.3, 0.4) is 0 Å². The van der Waals surface area contributed by atoms with Crippen molar-refractivity contribution in [2.75, 3.05) is 7.11 Å². The van der Waals surface area contributed by atoms with E-state index >= 15 is 0 Å². The molecule has 19 heavy (non-hydrogen) atoms. The predicted molar refractivity (Wildman–Crippen MR) is 72.5 cm³/mol. The number of carbonyl (C=O) groups is 1. The molecule has 1 aliphatic rings. The summed E-state index contributed by atoms with van der Waals surface area (Å²) in [5, 5.41) is 0. The molecule has 0 radical (unpaired) electrons. The van der Waals surface area contributed by atoms with Gasteiger partial charge in [-0.3, -0.25) is 9.63 Å². The van der Waals surface area contributed by atoms with E-state index in [1.165, 1.54) is 12.7 Å². The molecule has 4 nitrogen and oxygen atoms in total. The van der Waals surface area contributed by atoms with Gasteiger partial charge in [0, 0.05) is 12.0 Å². The van der Waals surface area contributed by atoms with Gasteiger partial charge in [-0.2, -0.15) is 5.48 Å². The first-order valence-electron chi connectivity index (χ1n) is 6.57. The Labute approximate surface area is 114 Å². The van der Waals surface area contributed by atoms with Gasteiger partial charge in [-0.05, 0) is 25.8 Å². The molecule has 1 N–H and O–H groups in total. The van der Waals surface area contributed by atoms with Crippen molar-refractivity contribution in [1.29, 1.82) is 0 Å². The molecule has 104 valence electrons.